The smallest absolute Gasteiger partial charge is 0.254 e. The highest BCUT2D eigenvalue weighted by atomic mass is 35.5. The summed E-state index contributed by atoms with van der Waals surface area (Å²) in [6.45, 7) is 0. The Balaban J connectivity index is 1.53. The third-order valence-electron chi connectivity index (χ3n) is 5.70. The molecule has 1 aromatic rings. The maximum atomic E-state index is 13.8. The van der Waals surface area contributed by atoms with E-state index in [1.54, 1.807) is 0 Å². The van der Waals surface area contributed by atoms with E-state index in [0.717, 1.165) is 11.8 Å². The number of amides is 1. The second-order valence-electron chi connectivity index (χ2n) is 7.05. The van der Waals surface area contributed by atoms with Crippen LogP contribution in [0.25, 0.3) is 0 Å². The summed E-state index contributed by atoms with van der Waals surface area (Å²) in [6.07, 6.45) is 6.31. The van der Waals surface area contributed by atoms with Crippen LogP contribution in [0.2, 0.25) is 5.02 Å². The number of hydrogen-bond donors (Lipinski definition) is 1. The van der Waals surface area contributed by atoms with Gasteiger partial charge in [-0.2, -0.15) is 0 Å². The molecule has 0 spiro atoms. The van der Waals surface area contributed by atoms with E-state index in [9.17, 15) is 9.18 Å². The largest absolute Gasteiger partial charge is 0.349 e. The predicted molar refractivity (Wildman–Crippen MR) is 79.7 cm³/mol. The van der Waals surface area contributed by atoms with Crippen molar-refractivity contribution >= 4 is 17.5 Å². The Hall–Kier alpha value is -1.09. The van der Waals surface area contributed by atoms with Crippen LogP contribution in [0.3, 0.4) is 0 Å². The molecule has 1 aromatic carbocycles. The summed E-state index contributed by atoms with van der Waals surface area (Å²) in [6, 6.07) is 4.37. The van der Waals surface area contributed by atoms with Gasteiger partial charge in [0, 0.05) is 11.1 Å². The van der Waals surface area contributed by atoms with Crippen LogP contribution in [0.15, 0.2) is 18.2 Å². The minimum Gasteiger partial charge on any atom is -0.349 e. The molecule has 4 heteroatoms. The molecule has 21 heavy (non-hydrogen) atoms. The molecule has 0 aromatic heterocycles. The van der Waals surface area contributed by atoms with Gasteiger partial charge in [-0.15, -0.1) is 0 Å². The van der Waals surface area contributed by atoms with Gasteiger partial charge in [-0.1, -0.05) is 11.6 Å². The first kappa shape index (κ1) is 13.6. The number of halogens is 2. The SMILES string of the molecule is O=C(NC1C2CC3CC(C2)CC1C3)c1cc(Cl)ccc1F. The summed E-state index contributed by atoms with van der Waals surface area (Å²) in [5.74, 6) is 2.10. The maximum absolute atomic E-state index is 13.8. The molecular weight excluding hydrogens is 289 g/mol. The van der Waals surface area contributed by atoms with Gasteiger partial charge in [-0.3, -0.25) is 4.79 Å². The standard InChI is InChI=1S/C17H19ClFNO/c18-13-1-2-15(19)14(8-13)17(21)20-16-11-4-9-3-10(6-11)7-12(16)5-9/h1-2,8-12,16H,3-7H2,(H,20,21). The molecule has 1 N–H and O–H groups in total. The van der Waals surface area contributed by atoms with Gasteiger partial charge < -0.3 is 5.32 Å². The lowest BCUT2D eigenvalue weighted by Crippen LogP contribution is -2.55. The van der Waals surface area contributed by atoms with E-state index in [1.807, 2.05) is 0 Å². The lowest BCUT2D eigenvalue weighted by molar-refractivity contribution is -0.0120. The Bertz CT molecular complexity index is 560. The van der Waals surface area contributed by atoms with E-state index < -0.39 is 5.82 Å². The monoisotopic (exact) mass is 307 g/mol. The summed E-state index contributed by atoms with van der Waals surface area (Å²) >= 11 is 5.88. The van der Waals surface area contributed by atoms with Gasteiger partial charge in [0.2, 0.25) is 0 Å². The molecule has 0 heterocycles. The molecule has 2 nitrogen and oxygen atoms in total. The zero-order chi connectivity index (χ0) is 14.6. The molecule has 0 aliphatic heterocycles. The first-order valence-electron chi connectivity index (χ1n) is 7.86. The van der Waals surface area contributed by atoms with Gasteiger partial charge in [0.15, 0.2) is 0 Å². The predicted octanol–water partition coefficient (Wildman–Crippen LogP) is 4.03. The maximum Gasteiger partial charge on any atom is 0.254 e. The second-order valence-corrected chi connectivity index (χ2v) is 7.49. The number of carbonyl (C=O) groups excluding carboxylic acids is 1. The lowest BCUT2D eigenvalue weighted by atomic mass is 9.54. The van der Waals surface area contributed by atoms with E-state index in [-0.39, 0.29) is 17.5 Å². The number of nitrogens with one attached hydrogen (secondary N) is 1. The molecule has 0 radical (unpaired) electrons. The van der Waals surface area contributed by atoms with Gasteiger partial charge in [-0.05, 0) is 74.0 Å². The Labute approximate surface area is 129 Å². The fraction of sp³-hybridized carbons (Fsp3) is 0.588. The van der Waals surface area contributed by atoms with Gasteiger partial charge in [0.05, 0.1) is 5.56 Å². The molecule has 4 bridgehead atoms. The molecule has 4 saturated carbocycles. The van der Waals surface area contributed by atoms with Crippen molar-refractivity contribution in [1.29, 1.82) is 0 Å². The van der Waals surface area contributed by atoms with Crippen LogP contribution < -0.4 is 5.32 Å². The highest BCUT2D eigenvalue weighted by Gasteiger charge is 2.48. The minimum atomic E-state index is -0.499. The highest BCUT2D eigenvalue weighted by Crippen LogP contribution is 2.53. The average molecular weight is 308 g/mol. The zero-order valence-corrected chi connectivity index (χ0v) is 12.6. The Kier molecular flexibility index (Phi) is 3.21. The molecule has 1 amide bonds. The van der Waals surface area contributed by atoms with Crippen LogP contribution in [0.1, 0.15) is 42.5 Å². The van der Waals surface area contributed by atoms with Crippen LogP contribution in [0.5, 0.6) is 0 Å². The van der Waals surface area contributed by atoms with Crippen molar-refractivity contribution in [1.82, 2.24) is 5.32 Å². The Morgan fingerprint density at radius 2 is 1.71 bits per heavy atom. The summed E-state index contributed by atoms with van der Waals surface area (Å²) < 4.78 is 13.8. The molecule has 4 aliphatic rings. The van der Waals surface area contributed by atoms with Gasteiger partial charge >= 0.3 is 0 Å². The number of carbonyl (C=O) groups is 1. The summed E-state index contributed by atoms with van der Waals surface area (Å²) in [5.41, 5.74) is 0.0660. The van der Waals surface area contributed by atoms with Crippen LogP contribution >= 0.6 is 11.6 Å². The van der Waals surface area contributed by atoms with Crippen molar-refractivity contribution < 1.29 is 9.18 Å². The molecule has 112 valence electrons. The molecule has 0 saturated heterocycles. The van der Waals surface area contributed by atoms with E-state index in [0.29, 0.717) is 16.9 Å². The summed E-state index contributed by atoms with van der Waals surface area (Å²) in [5, 5.41) is 3.50. The van der Waals surface area contributed by atoms with Crippen molar-refractivity contribution in [2.24, 2.45) is 23.7 Å². The van der Waals surface area contributed by atoms with Crippen LogP contribution in [0, 0.1) is 29.5 Å². The normalized spacial score (nSPS) is 36.8. The van der Waals surface area contributed by atoms with Gasteiger partial charge in [0.25, 0.3) is 5.91 Å². The van der Waals surface area contributed by atoms with Gasteiger partial charge in [-0.25, -0.2) is 4.39 Å². The first-order chi connectivity index (χ1) is 10.1. The Morgan fingerprint density at radius 1 is 1.10 bits per heavy atom. The van der Waals surface area contributed by atoms with Crippen molar-refractivity contribution in [3.05, 3.63) is 34.6 Å². The van der Waals surface area contributed by atoms with Crippen molar-refractivity contribution in [2.75, 3.05) is 0 Å². The molecule has 4 fully saturated rings. The molecule has 0 unspecified atom stereocenters. The van der Waals surface area contributed by atoms with E-state index >= 15 is 0 Å². The molecular formula is C17H19ClFNO. The second kappa shape index (κ2) is 4.98. The van der Waals surface area contributed by atoms with E-state index in [2.05, 4.69) is 5.32 Å². The van der Waals surface area contributed by atoms with Crippen molar-refractivity contribution in [2.45, 2.75) is 38.1 Å². The zero-order valence-electron chi connectivity index (χ0n) is 11.8. The van der Waals surface area contributed by atoms with Crippen molar-refractivity contribution in [3.8, 4) is 0 Å². The fourth-order valence-electron chi connectivity index (χ4n) is 5.06. The third kappa shape index (κ3) is 2.36. The quantitative estimate of drug-likeness (QED) is 0.878. The molecule has 5 rings (SSSR count). The minimum absolute atomic E-state index is 0.0660. The summed E-state index contributed by atoms with van der Waals surface area (Å²) in [7, 11) is 0. The van der Waals surface area contributed by atoms with E-state index in [1.165, 1.54) is 50.3 Å². The number of rotatable bonds is 2. The number of benzene rings is 1. The molecule has 0 atom stereocenters. The summed E-state index contributed by atoms with van der Waals surface area (Å²) in [4.78, 5) is 12.4. The molecule has 4 aliphatic carbocycles. The fourth-order valence-corrected chi connectivity index (χ4v) is 5.23. The third-order valence-corrected chi connectivity index (χ3v) is 5.93. The first-order valence-corrected chi connectivity index (χ1v) is 8.24. The van der Waals surface area contributed by atoms with Crippen LogP contribution in [-0.2, 0) is 0 Å². The van der Waals surface area contributed by atoms with Gasteiger partial charge in [0.1, 0.15) is 5.82 Å². The average Bonchev–Trinajstić information content (AvgIpc) is 2.44. The van der Waals surface area contributed by atoms with E-state index in [4.69, 9.17) is 11.6 Å². The number of hydrogen-bond acceptors (Lipinski definition) is 1. The Morgan fingerprint density at radius 3 is 2.33 bits per heavy atom. The van der Waals surface area contributed by atoms with Crippen LogP contribution in [0.4, 0.5) is 4.39 Å². The highest BCUT2D eigenvalue weighted by molar-refractivity contribution is 6.31. The van der Waals surface area contributed by atoms with Crippen LogP contribution in [-0.4, -0.2) is 11.9 Å². The lowest BCUT2D eigenvalue weighted by Gasteiger charge is -2.54. The topological polar surface area (TPSA) is 29.1 Å². The van der Waals surface area contributed by atoms with Crippen molar-refractivity contribution in [3.63, 3.8) is 0 Å².